The number of aliphatic imine (C=N–C) groups is 1. The van der Waals surface area contributed by atoms with Crippen LogP contribution in [-0.2, 0) is 13.0 Å². The van der Waals surface area contributed by atoms with Crippen molar-refractivity contribution in [2.24, 2.45) is 4.99 Å². The van der Waals surface area contributed by atoms with Gasteiger partial charge >= 0.3 is 0 Å². The Balaban J connectivity index is 0.00000300. The summed E-state index contributed by atoms with van der Waals surface area (Å²) < 4.78 is 24.3. The van der Waals surface area contributed by atoms with E-state index in [1.165, 1.54) is 7.11 Å². The van der Waals surface area contributed by atoms with E-state index in [9.17, 15) is 4.39 Å². The molecule has 1 saturated heterocycles. The lowest BCUT2D eigenvalue weighted by atomic mass is 10.2. The van der Waals surface area contributed by atoms with E-state index in [4.69, 9.17) is 14.1 Å². The van der Waals surface area contributed by atoms with Crippen LogP contribution in [0.3, 0.4) is 0 Å². The minimum absolute atomic E-state index is 0. The van der Waals surface area contributed by atoms with Gasteiger partial charge in [0.05, 0.1) is 13.4 Å². The summed E-state index contributed by atoms with van der Waals surface area (Å²) in [7, 11) is 1.48. The lowest BCUT2D eigenvalue weighted by Gasteiger charge is -2.36. The first-order valence-corrected chi connectivity index (χ1v) is 9.80. The van der Waals surface area contributed by atoms with Crippen molar-refractivity contribution in [1.82, 2.24) is 15.1 Å². The van der Waals surface area contributed by atoms with E-state index in [1.807, 2.05) is 18.2 Å². The van der Waals surface area contributed by atoms with E-state index in [2.05, 4.69) is 22.0 Å². The number of methoxy groups -OCH3 is 1. The van der Waals surface area contributed by atoms with Gasteiger partial charge in [-0.3, -0.25) is 9.89 Å². The molecule has 1 aliphatic rings. The molecule has 1 N–H and O–H groups in total. The molecule has 0 unspecified atom stereocenters. The van der Waals surface area contributed by atoms with Crippen LogP contribution in [-0.4, -0.2) is 62.1 Å². The number of guanidine groups is 1. The zero-order valence-corrected chi connectivity index (χ0v) is 19.4. The standard InChI is InChI=1S/C21H29FN4O2.HI/c1-3-23-21(24-9-8-18-5-4-14-28-18)26-12-10-25(11-13-26)16-17-6-7-20(27-2)19(22)15-17;/h4-7,14-15H,3,8-13,16H2,1-2H3,(H,23,24);1H. The molecule has 160 valence electrons. The van der Waals surface area contributed by atoms with E-state index in [0.717, 1.165) is 63.0 Å². The van der Waals surface area contributed by atoms with Gasteiger partial charge in [0.25, 0.3) is 0 Å². The molecule has 0 aliphatic carbocycles. The lowest BCUT2D eigenvalue weighted by Crippen LogP contribution is -2.52. The molecule has 2 aromatic rings. The smallest absolute Gasteiger partial charge is 0.194 e. The van der Waals surface area contributed by atoms with Crippen molar-refractivity contribution >= 4 is 29.9 Å². The molecule has 3 rings (SSSR count). The Labute approximate surface area is 189 Å². The van der Waals surface area contributed by atoms with Crippen LogP contribution in [0.4, 0.5) is 4.39 Å². The van der Waals surface area contributed by atoms with Gasteiger partial charge in [-0.15, -0.1) is 24.0 Å². The molecule has 8 heteroatoms. The number of piperazine rings is 1. The highest BCUT2D eigenvalue weighted by Gasteiger charge is 2.20. The number of halogens is 2. The first-order chi connectivity index (χ1) is 13.7. The van der Waals surface area contributed by atoms with Gasteiger partial charge in [0.15, 0.2) is 17.5 Å². The average Bonchev–Trinajstić information content (AvgIpc) is 3.22. The quantitative estimate of drug-likeness (QED) is 0.348. The second-order valence-corrected chi connectivity index (χ2v) is 6.80. The van der Waals surface area contributed by atoms with Crippen molar-refractivity contribution in [3.63, 3.8) is 0 Å². The van der Waals surface area contributed by atoms with Crippen LogP contribution in [0.1, 0.15) is 18.2 Å². The van der Waals surface area contributed by atoms with Crippen LogP contribution in [0.15, 0.2) is 46.0 Å². The molecule has 1 aromatic heterocycles. The van der Waals surface area contributed by atoms with Crippen LogP contribution < -0.4 is 10.1 Å². The normalized spacial score (nSPS) is 15.1. The van der Waals surface area contributed by atoms with Gasteiger partial charge < -0.3 is 19.4 Å². The van der Waals surface area contributed by atoms with Crippen molar-refractivity contribution < 1.29 is 13.5 Å². The minimum Gasteiger partial charge on any atom is -0.494 e. The Bertz CT molecular complexity index is 762. The predicted octanol–water partition coefficient (Wildman–Crippen LogP) is 3.37. The number of furan rings is 1. The zero-order valence-electron chi connectivity index (χ0n) is 17.1. The van der Waals surface area contributed by atoms with Crippen molar-refractivity contribution in [2.75, 3.05) is 46.4 Å². The number of hydrogen-bond acceptors (Lipinski definition) is 4. The third-order valence-electron chi connectivity index (χ3n) is 4.83. The third-order valence-corrected chi connectivity index (χ3v) is 4.83. The number of nitrogens with one attached hydrogen (secondary N) is 1. The Morgan fingerprint density at radius 2 is 2.03 bits per heavy atom. The van der Waals surface area contributed by atoms with Crippen molar-refractivity contribution in [1.29, 1.82) is 0 Å². The summed E-state index contributed by atoms with van der Waals surface area (Å²) in [5.74, 6) is 1.88. The van der Waals surface area contributed by atoms with Crippen LogP contribution >= 0.6 is 24.0 Å². The molecule has 0 bridgehead atoms. The number of hydrogen-bond donors (Lipinski definition) is 1. The predicted molar refractivity (Wildman–Crippen MR) is 124 cm³/mol. The summed E-state index contributed by atoms with van der Waals surface area (Å²) in [4.78, 5) is 9.37. The monoisotopic (exact) mass is 516 g/mol. The first kappa shape index (κ1) is 23.5. The topological polar surface area (TPSA) is 53.2 Å². The van der Waals surface area contributed by atoms with E-state index >= 15 is 0 Å². The van der Waals surface area contributed by atoms with Gasteiger partial charge in [0, 0.05) is 52.2 Å². The molecule has 0 amide bonds. The van der Waals surface area contributed by atoms with E-state index in [-0.39, 0.29) is 35.5 Å². The molecule has 1 aromatic carbocycles. The molecule has 1 aliphatic heterocycles. The summed E-state index contributed by atoms with van der Waals surface area (Å²) >= 11 is 0. The lowest BCUT2D eigenvalue weighted by molar-refractivity contribution is 0.172. The maximum atomic E-state index is 13.9. The molecule has 2 heterocycles. The summed E-state index contributed by atoms with van der Waals surface area (Å²) in [6, 6.07) is 9.05. The number of benzene rings is 1. The fourth-order valence-electron chi connectivity index (χ4n) is 3.34. The van der Waals surface area contributed by atoms with Gasteiger partial charge in [0.1, 0.15) is 5.76 Å². The van der Waals surface area contributed by atoms with Gasteiger partial charge in [0.2, 0.25) is 0 Å². The molecular formula is C21H30FIN4O2. The number of ether oxygens (including phenoxy) is 1. The number of rotatable bonds is 7. The molecule has 29 heavy (non-hydrogen) atoms. The highest BCUT2D eigenvalue weighted by molar-refractivity contribution is 14.0. The largest absolute Gasteiger partial charge is 0.494 e. The maximum Gasteiger partial charge on any atom is 0.194 e. The molecule has 0 atom stereocenters. The van der Waals surface area contributed by atoms with Gasteiger partial charge in [-0.1, -0.05) is 6.07 Å². The van der Waals surface area contributed by atoms with E-state index < -0.39 is 0 Å². The second kappa shape index (κ2) is 12.0. The first-order valence-electron chi connectivity index (χ1n) is 9.80. The Kier molecular flexibility index (Phi) is 9.72. The Morgan fingerprint density at radius 3 is 2.66 bits per heavy atom. The van der Waals surface area contributed by atoms with Crippen LogP contribution in [0.25, 0.3) is 0 Å². The molecule has 1 fully saturated rings. The minimum atomic E-state index is -0.309. The highest BCUT2D eigenvalue weighted by Crippen LogP contribution is 2.19. The van der Waals surface area contributed by atoms with Crippen molar-refractivity contribution in [3.8, 4) is 5.75 Å². The molecule has 6 nitrogen and oxygen atoms in total. The molecule has 0 spiro atoms. The van der Waals surface area contributed by atoms with Crippen LogP contribution in [0.5, 0.6) is 5.75 Å². The van der Waals surface area contributed by atoms with E-state index in [1.54, 1.807) is 18.4 Å². The summed E-state index contributed by atoms with van der Waals surface area (Å²) in [5.41, 5.74) is 0.964. The van der Waals surface area contributed by atoms with Crippen LogP contribution in [0.2, 0.25) is 0 Å². The fraction of sp³-hybridized carbons (Fsp3) is 0.476. The van der Waals surface area contributed by atoms with Crippen LogP contribution in [0, 0.1) is 5.82 Å². The third kappa shape index (κ3) is 6.88. The molecular weight excluding hydrogens is 486 g/mol. The SMILES string of the molecule is CCNC(=NCCc1ccco1)N1CCN(Cc2ccc(OC)c(F)c2)CC1.I. The Hall–Kier alpha value is -1.81. The van der Waals surface area contributed by atoms with E-state index in [0.29, 0.717) is 6.54 Å². The number of nitrogens with zero attached hydrogens (tertiary/aromatic N) is 3. The summed E-state index contributed by atoms with van der Waals surface area (Å²) in [6.45, 7) is 7.96. The second-order valence-electron chi connectivity index (χ2n) is 6.80. The van der Waals surface area contributed by atoms with Crippen molar-refractivity contribution in [3.05, 3.63) is 53.7 Å². The molecule has 0 radical (unpaired) electrons. The van der Waals surface area contributed by atoms with Crippen molar-refractivity contribution in [2.45, 2.75) is 19.9 Å². The van der Waals surface area contributed by atoms with Gasteiger partial charge in [-0.05, 0) is 36.8 Å². The summed E-state index contributed by atoms with van der Waals surface area (Å²) in [5, 5.41) is 3.38. The van der Waals surface area contributed by atoms with Gasteiger partial charge in [-0.2, -0.15) is 0 Å². The summed E-state index contributed by atoms with van der Waals surface area (Å²) in [6.07, 6.45) is 2.49. The fourth-order valence-corrected chi connectivity index (χ4v) is 3.34. The molecule has 0 saturated carbocycles. The highest BCUT2D eigenvalue weighted by atomic mass is 127. The van der Waals surface area contributed by atoms with Gasteiger partial charge in [-0.25, -0.2) is 4.39 Å². The average molecular weight is 516 g/mol. The zero-order chi connectivity index (χ0) is 19.8. The Morgan fingerprint density at radius 1 is 1.24 bits per heavy atom. The maximum absolute atomic E-state index is 13.9.